The van der Waals surface area contributed by atoms with Crippen LogP contribution in [0, 0.1) is 12.3 Å². The first kappa shape index (κ1) is 33.7. The normalized spacial score (nSPS) is 26.4. The van der Waals surface area contributed by atoms with Gasteiger partial charge in [0.05, 0.1) is 29.3 Å². The van der Waals surface area contributed by atoms with Gasteiger partial charge in [-0.25, -0.2) is 0 Å². The van der Waals surface area contributed by atoms with Crippen molar-refractivity contribution in [3.63, 3.8) is 0 Å². The first-order valence-corrected chi connectivity index (χ1v) is 17.2. The summed E-state index contributed by atoms with van der Waals surface area (Å²) in [6, 6.07) is 20.0. The van der Waals surface area contributed by atoms with Crippen LogP contribution >= 0.6 is 11.3 Å². The maximum atomic E-state index is 14.1. The van der Waals surface area contributed by atoms with E-state index >= 15 is 0 Å². The Morgan fingerprint density at radius 1 is 1.07 bits per heavy atom. The second kappa shape index (κ2) is 14.4. The minimum absolute atomic E-state index is 0.00293. The molecule has 3 aromatic rings. The molecule has 6 nitrogen and oxygen atoms in total. The fourth-order valence-electron chi connectivity index (χ4n) is 7.64. The van der Waals surface area contributed by atoms with E-state index in [-0.39, 0.29) is 24.9 Å². The van der Waals surface area contributed by atoms with E-state index < -0.39 is 23.2 Å². The molecule has 4 N–H and O–H groups in total. The van der Waals surface area contributed by atoms with Crippen LogP contribution < -0.4 is 0 Å². The zero-order valence-corrected chi connectivity index (χ0v) is 27.7. The van der Waals surface area contributed by atoms with Crippen LogP contribution in [-0.4, -0.2) is 68.6 Å². The molecule has 45 heavy (non-hydrogen) atoms. The number of allylic oxidation sites excluding steroid dienone is 2. The molecule has 0 spiro atoms. The van der Waals surface area contributed by atoms with Gasteiger partial charge in [-0.05, 0) is 99.6 Å². The lowest BCUT2D eigenvalue weighted by molar-refractivity contribution is -0.0907. The molecule has 0 saturated heterocycles. The first-order chi connectivity index (χ1) is 21.5. The highest BCUT2D eigenvalue weighted by atomic mass is 32.1. The minimum atomic E-state index is -1.10. The van der Waals surface area contributed by atoms with Gasteiger partial charge in [-0.2, -0.15) is 0 Å². The van der Waals surface area contributed by atoms with Crippen LogP contribution in [0.1, 0.15) is 95.1 Å². The first-order valence-electron chi connectivity index (χ1n) is 16.4. The molecule has 2 bridgehead atoms. The number of hydrogen-bond acceptors (Lipinski definition) is 7. The van der Waals surface area contributed by atoms with Crippen LogP contribution in [-0.2, 0) is 13.0 Å². The van der Waals surface area contributed by atoms with Gasteiger partial charge in [-0.15, -0.1) is 11.3 Å². The van der Waals surface area contributed by atoms with Crippen LogP contribution in [0.15, 0.2) is 72.3 Å². The highest BCUT2D eigenvalue weighted by Gasteiger charge is 2.57. The van der Waals surface area contributed by atoms with E-state index in [1.165, 1.54) is 16.9 Å². The maximum absolute atomic E-state index is 14.1. The van der Waals surface area contributed by atoms with Crippen LogP contribution in [0.4, 0.5) is 0 Å². The highest BCUT2D eigenvalue weighted by molar-refractivity contribution is 7.14. The molecule has 0 amide bonds. The lowest BCUT2D eigenvalue weighted by Crippen LogP contribution is -2.53. The highest BCUT2D eigenvalue weighted by Crippen LogP contribution is 2.59. The van der Waals surface area contributed by atoms with E-state index in [1.807, 2.05) is 55.5 Å². The number of carbonyl (C=O) groups is 1. The van der Waals surface area contributed by atoms with Crippen molar-refractivity contribution in [3.05, 3.63) is 104 Å². The molecule has 1 aromatic heterocycles. The summed E-state index contributed by atoms with van der Waals surface area (Å²) in [5, 5.41) is 43.8. The SMILES string of the molecule is CC1=CCCC2(C)C(CCC2(O)CN(Cc2ccccc2)CC(O)CO)c2ccc(cc2C(=O)c2ccc(C)s2)CC(O)CC1. The standard InChI is InChI=1S/C38H49NO5S/c1-26-8-7-18-37(3)34(17-19-38(37,44)25-39(23-31(42)24-40)22-28-9-5-4-6-10-28)32-15-13-29(20-30(41)14-11-26)21-33(32)36(43)35-16-12-27(2)45-35/h4-6,8-10,12-13,15-16,21,30-31,34,40-42,44H,7,11,14,17-20,22-25H2,1-3H3. The van der Waals surface area contributed by atoms with Crippen LogP contribution in [0.5, 0.6) is 0 Å². The summed E-state index contributed by atoms with van der Waals surface area (Å²) in [5.74, 6) is -0.0729. The molecular formula is C38H49NO5S. The lowest BCUT2D eigenvalue weighted by atomic mass is 9.64. The smallest absolute Gasteiger partial charge is 0.203 e. The molecule has 242 valence electrons. The van der Waals surface area contributed by atoms with Crippen molar-refractivity contribution in [2.45, 2.75) is 96.0 Å². The quantitative estimate of drug-likeness (QED) is 0.166. The molecule has 7 heteroatoms. The summed E-state index contributed by atoms with van der Waals surface area (Å²) < 4.78 is 0. The van der Waals surface area contributed by atoms with Gasteiger partial charge in [0.2, 0.25) is 5.78 Å². The topological polar surface area (TPSA) is 101 Å². The van der Waals surface area contributed by atoms with Gasteiger partial charge in [-0.1, -0.05) is 61.0 Å². The zero-order valence-electron chi connectivity index (χ0n) is 26.9. The number of aliphatic hydroxyl groups excluding tert-OH is 3. The van der Waals surface area contributed by atoms with Gasteiger partial charge >= 0.3 is 0 Å². The summed E-state index contributed by atoms with van der Waals surface area (Å²) in [7, 11) is 0. The maximum Gasteiger partial charge on any atom is 0.203 e. The molecule has 5 atom stereocenters. The number of fused-ring (bicyclic) bond motifs is 8. The molecule has 0 radical (unpaired) electrons. The fraction of sp³-hybridized carbons (Fsp3) is 0.500. The van der Waals surface area contributed by atoms with Crippen molar-refractivity contribution >= 4 is 17.1 Å². The number of rotatable bonds is 9. The second-order valence-electron chi connectivity index (χ2n) is 13.7. The van der Waals surface area contributed by atoms with Gasteiger partial charge in [0.15, 0.2) is 0 Å². The Bertz CT molecular complexity index is 1480. The Hall–Kier alpha value is -2.65. The summed E-state index contributed by atoms with van der Waals surface area (Å²) in [6.45, 7) is 7.08. The van der Waals surface area contributed by atoms with Gasteiger partial charge in [0.25, 0.3) is 0 Å². The number of hydrogen-bond donors (Lipinski definition) is 4. The van der Waals surface area contributed by atoms with E-state index in [1.54, 1.807) is 0 Å². The Labute approximate surface area is 272 Å². The molecule has 2 aromatic carbocycles. The average molecular weight is 632 g/mol. The van der Waals surface area contributed by atoms with Crippen molar-refractivity contribution < 1.29 is 25.2 Å². The predicted octanol–water partition coefficient (Wildman–Crippen LogP) is 6.18. The number of carbonyl (C=O) groups excluding carboxylic acids is 1. The summed E-state index contributed by atoms with van der Waals surface area (Å²) in [4.78, 5) is 18.0. The summed E-state index contributed by atoms with van der Waals surface area (Å²) in [5.41, 5.74) is 3.22. The molecular weight excluding hydrogens is 582 g/mol. The van der Waals surface area contributed by atoms with Gasteiger partial charge in [0.1, 0.15) is 0 Å². The van der Waals surface area contributed by atoms with E-state index in [0.29, 0.717) is 42.8 Å². The van der Waals surface area contributed by atoms with Gasteiger partial charge in [-0.3, -0.25) is 9.69 Å². The Morgan fingerprint density at radius 2 is 1.84 bits per heavy atom. The number of nitrogens with zero attached hydrogens (tertiary/aromatic N) is 1. The molecule has 5 unspecified atom stereocenters. The number of aliphatic hydroxyl groups is 4. The van der Waals surface area contributed by atoms with Crippen LogP contribution in [0.3, 0.4) is 0 Å². The van der Waals surface area contributed by atoms with Crippen LogP contribution in [0.2, 0.25) is 0 Å². The third-order valence-electron chi connectivity index (χ3n) is 10.3. The third-order valence-corrected chi connectivity index (χ3v) is 11.3. The molecule has 0 aliphatic heterocycles. The van der Waals surface area contributed by atoms with Crippen molar-refractivity contribution in [1.29, 1.82) is 0 Å². The molecule has 3 aliphatic rings. The number of ketones is 1. The molecule has 1 saturated carbocycles. The van der Waals surface area contributed by atoms with Crippen molar-refractivity contribution in [1.82, 2.24) is 4.90 Å². The number of benzene rings is 2. The number of aryl methyl sites for hydroxylation is 1. The van der Waals surface area contributed by atoms with E-state index in [2.05, 4.69) is 37.0 Å². The molecule has 6 rings (SSSR count). The van der Waals surface area contributed by atoms with Gasteiger partial charge in [0, 0.05) is 35.5 Å². The average Bonchev–Trinajstić information content (AvgIpc) is 3.56. The van der Waals surface area contributed by atoms with Crippen molar-refractivity contribution in [3.8, 4) is 0 Å². The summed E-state index contributed by atoms with van der Waals surface area (Å²) >= 11 is 1.50. The van der Waals surface area contributed by atoms with Crippen molar-refractivity contribution in [2.75, 3.05) is 19.7 Å². The molecule has 1 heterocycles. The second-order valence-corrected chi connectivity index (χ2v) is 15.0. The Balaban J connectivity index is 1.57. The third kappa shape index (κ3) is 7.67. The van der Waals surface area contributed by atoms with E-state index in [4.69, 9.17) is 0 Å². The predicted molar refractivity (Wildman–Crippen MR) is 181 cm³/mol. The largest absolute Gasteiger partial charge is 0.394 e. The zero-order chi connectivity index (χ0) is 32.2. The molecule has 1 fully saturated rings. The number of thiophene rings is 1. The van der Waals surface area contributed by atoms with Gasteiger partial charge < -0.3 is 20.4 Å². The minimum Gasteiger partial charge on any atom is -0.394 e. The van der Waals surface area contributed by atoms with Crippen molar-refractivity contribution in [2.24, 2.45) is 5.41 Å². The summed E-state index contributed by atoms with van der Waals surface area (Å²) in [6.07, 6.45) is 5.58. The van der Waals surface area contributed by atoms with E-state index in [0.717, 1.165) is 47.3 Å². The monoisotopic (exact) mass is 631 g/mol. The van der Waals surface area contributed by atoms with E-state index in [9.17, 15) is 25.2 Å². The lowest BCUT2D eigenvalue weighted by Gasteiger charge is -2.46. The Kier molecular flexibility index (Phi) is 10.8. The Morgan fingerprint density at radius 3 is 2.56 bits per heavy atom. The fourth-order valence-corrected chi connectivity index (χ4v) is 8.46. The van der Waals surface area contributed by atoms with Crippen LogP contribution in [0.25, 0.3) is 0 Å². The molecule has 3 aliphatic carbocycles.